The first-order chi connectivity index (χ1) is 8.02. The minimum absolute atomic E-state index is 0.0515. The fraction of sp³-hybridized carbons (Fsp3) is 0.643. The largest absolute Gasteiger partial charge is 0.314 e. The monoisotopic (exact) mass is 233 g/mol. The molecule has 94 valence electrons. The summed E-state index contributed by atoms with van der Waals surface area (Å²) in [6, 6.07) is 0. The van der Waals surface area contributed by atoms with Crippen molar-refractivity contribution in [2.75, 3.05) is 26.2 Å². The van der Waals surface area contributed by atoms with E-state index >= 15 is 0 Å². The number of hydrogen-bond donors (Lipinski definition) is 1. The second kappa shape index (κ2) is 4.75. The molecule has 1 saturated heterocycles. The van der Waals surface area contributed by atoms with Crippen LogP contribution in [0, 0.1) is 5.41 Å². The van der Waals surface area contributed by atoms with E-state index in [0.717, 1.165) is 26.2 Å². The van der Waals surface area contributed by atoms with E-state index in [4.69, 9.17) is 0 Å². The van der Waals surface area contributed by atoms with Gasteiger partial charge in [-0.3, -0.25) is 9.89 Å². The number of rotatable bonds is 1. The van der Waals surface area contributed by atoms with Crippen LogP contribution in [0.3, 0.4) is 0 Å². The Labute approximate surface area is 104 Å². The summed E-state index contributed by atoms with van der Waals surface area (Å²) in [5, 5.41) is 3.39. The molecule has 2 rings (SSSR count). The minimum Gasteiger partial charge on any atom is -0.314 e. The van der Waals surface area contributed by atoms with E-state index in [1.54, 1.807) is 0 Å². The molecule has 0 radical (unpaired) electrons. The van der Waals surface area contributed by atoms with Crippen molar-refractivity contribution in [3.05, 3.63) is 24.4 Å². The first kappa shape index (κ1) is 12.5. The van der Waals surface area contributed by atoms with E-state index in [0.29, 0.717) is 0 Å². The molecule has 0 amide bonds. The SMILES string of the molecule is CC1(C)/C=C\N=CC(C)(N2CCNCC2)/C=C\1. The molecule has 1 N–H and O–H groups in total. The Morgan fingerprint density at radius 1 is 1.06 bits per heavy atom. The summed E-state index contributed by atoms with van der Waals surface area (Å²) in [4.78, 5) is 6.92. The van der Waals surface area contributed by atoms with E-state index in [1.807, 2.05) is 6.20 Å². The van der Waals surface area contributed by atoms with Crippen LogP contribution in [0.15, 0.2) is 29.4 Å². The molecule has 2 aliphatic heterocycles. The van der Waals surface area contributed by atoms with Gasteiger partial charge in [-0.15, -0.1) is 0 Å². The van der Waals surface area contributed by atoms with Gasteiger partial charge in [-0.1, -0.05) is 32.1 Å². The van der Waals surface area contributed by atoms with Crippen LogP contribution < -0.4 is 5.32 Å². The minimum atomic E-state index is -0.0515. The maximum absolute atomic E-state index is 4.44. The fourth-order valence-electron chi connectivity index (χ4n) is 2.24. The smallest absolute Gasteiger partial charge is 0.0721 e. The summed E-state index contributed by atoms with van der Waals surface area (Å²) >= 11 is 0. The van der Waals surface area contributed by atoms with Crippen LogP contribution in [0.2, 0.25) is 0 Å². The Balaban J connectivity index is 2.23. The normalized spacial score (nSPS) is 37.1. The summed E-state index contributed by atoms with van der Waals surface area (Å²) in [6.07, 6.45) is 10.7. The molecule has 0 aliphatic carbocycles. The van der Waals surface area contributed by atoms with Gasteiger partial charge in [0, 0.05) is 44.0 Å². The van der Waals surface area contributed by atoms with Crippen molar-refractivity contribution in [1.82, 2.24) is 10.2 Å². The summed E-state index contributed by atoms with van der Waals surface area (Å²) in [5.41, 5.74) is 0.0389. The molecular formula is C14H23N3. The zero-order valence-electron chi connectivity index (χ0n) is 11.1. The molecule has 0 aromatic carbocycles. The Morgan fingerprint density at radius 3 is 2.47 bits per heavy atom. The molecule has 0 spiro atoms. The number of hydrogen-bond acceptors (Lipinski definition) is 3. The second-order valence-corrected chi connectivity index (χ2v) is 5.71. The van der Waals surface area contributed by atoms with Gasteiger partial charge in [0.25, 0.3) is 0 Å². The highest BCUT2D eigenvalue weighted by atomic mass is 15.2. The van der Waals surface area contributed by atoms with E-state index < -0.39 is 0 Å². The lowest BCUT2D eigenvalue weighted by molar-refractivity contribution is 0.178. The average molecular weight is 233 g/mol. The zero-order valence-corrected chi connectivity index (χ0v) is 11.1. The molecule has 3 heteroatoms. The van der Waals surface area contributed by atoms with Crippen molar-refractivity contribution in [3.8, 4) is 0 Å². The van der Waals surface area contributed by atoms with Gasteiger partial charge >= 0.3 is 0 Å². The van der Waals surface area contributed by atoms with Crippen molar-refractivity contribution < 1.29 is 0 Å². The molecule has 0 bridgehead atoms. The van der Waals surface area contributed by atoms with Crippen molar-refractivity contribution in [2.24, 2.45) is 10.4 Å². The number of allylic oxidation sites excluding steroid dienone is 2. The van der Waals surface area contributed by atoms with E-state index in [-0.39, 0.29) is 11.0 Å². The number of nitrogens with zero attached hydrogens (tertiary/aromatic N) is 2. The van der Waals surface area contributed by atoms with Gasteiger partial charge in [-0.25, -0.2) is 0 Å². The van der Waals surface area contributed by atoms with Crippen LogP contribution in [0.1, 0.15) is 20.8 Å². The number of piperazine rings is 1. The molecular weight excluding hydrogens is 210 g/mol. The first-order valence-electron chi connectivity index (χ1n) is 6.40. The van der Waals surface area contributed by atoms with Gasteiger partial charge in [0.2, 0.25) is 0 Å². The lowest BCUT2D eigenvalue weighted by atomic mass is 9.88. The molecule has 0 aromatic heterocycles. The first-order valence-corrected chi connectivity index (χ1v) is 6.40. The van der Waals surface area contributed by atoms with Gasteiger partial charge in [-0.05, 0) is 6.92 Å². The highest BCUT2D eigenvalue weighted by molar-refractivity contribution is 5.73. The van der Waals surface area contributed by atoms with Gasteiger partial charge in [-0.2, -0.15) is 0 Å². The fourth-order valence-corrected chi connectivity index (χ4v) is 2.24. The predicted octanol–water partition coefficient (Wildman–Crippen LogP) is 1.83. The van der Waals surface area contributed by atoms with E-state index in [1.165, 1.54) is 0 Å². The van der Waals surface area contributed by atoms with Crippen LogP contribution in [-0.2, 0) is 0 Å². The summed E-state index contributed by atoms with van der Waals surface area (Å²) in [5.74, 6) is 0. The average Bonchev–Trinajstić information content (AvgIpc) is 2.32. The van der Waals surface area contributed by atoms with Crippen molar-refractivity contribution in [1.29, 1.82) is 0 Å². The molecule has 2 heterocycles. The second-order valence-electron chi connectivity index (χ2n) is 5.71. The van der Waals surface area contributed by atoms with Gasteiger partial charge < -0.3 is 5.32 Å². The van der Waals surface area contributed by atoms with E-state index in [2.05, 4.69) is 60.4 Å². The van der Waals surface area contributed by atoms with Crippen LogP contribution in [0.4, 0.5) is 0 Å². The summed E-state index contributed by atoms with van der Waals surface area (Å²) in [6.45, 7) is 11.0. The molecule has 0 aromatic rings. The molecule has 2 aliphatic rings. The zero-order chi connectivity index (χ0) is 12.4. The maximum Gasteiger partial charge on any atom is 0.0721 e. The summed E-state index contributed by atoms with van der Waals surface area (Å²) in [7, 11) is 0. The van der Waals surface area contributed by atoms with Crippen molar-refractivity contribution >= 4 is 6.21 Å². The third-order valence-electron chi connectivity index (χ3n) is 3.57. The molecule has 3 nitrogen and oxygen atoms in total. The molecule has 1 unspecified atom stereocenters. The van der Waals surface area contributed by atoms with Crippen LogP contribution >= 0.6 is 0 Å². The lowest BCUT2D eigenvalue weighted by Gasteiger charge is -2.40. The topological polar surface area (TPSA) is 27.6 Å². The third kappa shape index (κ3) is 3.05. The van der Waals surface area contributed by atoms with Gasteiger partial charge in [0.15, 0.2) is 0 Å². The molecule has 17 heavy (non-hydrogen) atoms. The summed E-state index contributed by atoms with van der Waals surface area (Å²) < 4.78 is 0. The Hall–Kier alpha value is -0.930. The highest BCUT2D eigenvalue weighted by Gasteiger charge is 2.29. The molecule has 1 atom stereocenters. The maximum atomic E-state index is 4.44. The van der Waals surface area contributed by atoms with Crippen LogP contribution in [0.5, 0.6) is 0 Å². The highest BCUT2D eigenvalue weighted by Crippen LogP contribution is 2.25. The van der Waals surface area contributed by atoms with Crippen LogP contribution in [-0.4, -0.2) is 42.8 Å². The standard InChI is InChI=1S/C14H23N3/c1-13(2)4-5-14(3,12-16-7-6-13)17-10-8-15-9-11-17/h4-7,12,15H,8-11H2,1-3H3/b5-4-,7-6-,16-12?. The van der Waals surface area contributed by atoms with Crippen molar-refractivity contribution in [2.45, 2.75) is 26.3 Å². The number of nitrogens with one attached hydrogen (secondary N) is 1. The van der Waals surface area contributed by atoms with Gasteiger partial charge in [0.1, 0.15) is 0 Å². The quantitative estimate of drug-likeness (QED) is 0.700. The predicted molar refractivity (Wildman–Crippen MR) is 73.4 cm³/mol. The van der Waals surface area contributed by atoms with Crippen LogP contribution in [0.25, 0.3) is 0 Å². The van der Waals surface area contributed by atoms with Crippen molar-refractivity contribution in [3.63, 3.8) is 0 Å². The lowest BCUT2D eigenvalue weighted by Crippen LogP contribution is -2.55. The Morgan fingerprint density at radius 2 is 1.76 bits per heavy atom. The van der Waals surface area contributed by atoms with E-state index in [9.17, 15) is 0 Å². The molecule has 0 saturated carbocycles. The van der Waals surface area contributed by atoms with Gasteiger partial charge in [0.05, 0.1) is 5.54 Å². The Kier molecular flexibility index (Phi) is 3.50. The molecule has 1 fully saturated rings. The Bertz CT molecular complexity index is 348. The third-order valence-corrected chi connectivity index (χ3v) is 3.57. The number of aliphatic imine (C=N–C) groups is 1.